The van der Waals surface area contributed by atoms with E-state index >= 15 is 0 Å². The van der Waals surface area contributed by atoms with Gasteiger partial charge in [0.2, 0.25) is 0 Å². The fourth-order valence-electron chi connectivity index (χ4n) is 1.52. The third-order valence-electron chi connectivity index (χ3n) is 2.30. The number of aromatic nitrogens is 1. The van der Waals surface area contributed by atoms with Gasteiger partial charge in [0.1, 0.15) is 17.6 Å². The average molecular weight is 223 g/mol. The van der Waals surface area contributed by atoms with Gasteiger partial charge in [-0.1, -0.05) is 0 Å². The first-order valence-electron chi connectivity index (χ1n) is 4.55. The van der Waals surface area contributed by atoms with Gasteiger partial charge in [-0.3, -0.25) is 15.4 Å². The average Bonchev–Trinajstić information content (AvgIpc) is 2.15. The van der Waals surface area contributed by atoms with Crippen molar-refractivity contribution in [1.29, 1.82) is 0 Å². The zero-order valence-corrected chi connectivity index (χ0v) is 8.68. The van der Waals surface area contributed by atoms with Gasteiger partial charge in [0.25, 0.3) is 5.69 Å². The lowest BCUT2D eigenvalue weighted by Gasteiger charge is -2.31. The molecule has 1 aliphatic heterocycles. The van der Waals surface area contributed by atoms with E-state index in [2.05, 4.69) is 10.3 Å². The van der Waals surface area contributed by atoms with Crippen LogP contribution in [0.3, 0.4) is 0 Å². The van der Waals surface area contributed by atoms with Gasteiger partial charge in [0, 0.05) is 11.6 Å². The summed E-state index contributed by atoms with van der Waals surface area (Å²) in [6.45, 7) is 3.30. The van der Waals surface area contributed by atoms with Crippen LogP contribution >= 0.6 is 0 Å². The van der Waals surface area contributed by atoms with E-state index in [1.807, 2.05) is 0 Å². The Kier molecular flexibility index (Phi) is 2.04. The molecule has 2 rings (SSSR count). The Morgan fingerprint density at radius 3 is 2.88 bits per heavy atom. The molecule has 7 heteroatoms. The molecule has 1 N–H and O–H groups in total. The summed E-state index contributed by atoms with van der Waals surface area (Å²) in [5, 5.41) is 13.0. The Morgan fingerprint density at radius 1 is 1.56 bits per heavy atom. The van der Waals surface area contributed by atoms with Crippen molar-refractivity contribution in [1.82, 2.24) is 4.98 Å². The van der Waals surface area contributed by atoms with Gasteiger partial charge in [-0.05, 0) is 13.8 Å². The Balaban J connectivity index is 2.57. The number of ether oxygens (including phenoxy) is 1. The topological polar surface area (TPSA) is 94.4 Å². The van der Waals surface area contributed by atoms with Crippen molar-refractivity contribution < 1.29 is 14.5 Å². The fraction of sp³-hybridized carbons (Fsp3) is 0.333. The minimum absolute atomic E-state index is 0.133. The smallest absolute Gasteiger partial charge is 0.413 e. The summed E-state index contributed by atoms with van der Waals surface area (Å²) in [6.07, 6.45) is 0.486. The number of carbonyl (C=O) groups is 1. The maximum absolute atomic E-state index is 11.2. The largest absolute Gasteiger partial charge is 0.438 e. The van der Waals surface area contributed by atoms with Gasteiger partial charge in [-0.15, -0.1) is 0 Å². The summed E-state index contributed by atoms with van der Waals surface area (Å²) >= 11 is 0. The second kappa shape index (κ2) is 3.16. The monoisotopic (exact) mass is 223 g/mol. The third kappa shape index (κ3) is 1.56. The zero-order chi connectivity index (χ0) is 11.9. The Bertz CT molecular complexity index is 484. The quantitative estimate of drug-likeness (QED) is 0.578. The molecule has 1 aromatic heterocycles. The molecule has 0 atom stereocenters. The van der Waals surface area contributed by atoms with Crippen LogP contribution in [0.25, 0.3) is 0 Å². The Morgan fingerprint density at radius 2 is 2.25 bits per heavy atom. The summed E-state index contributed by atoms with van der Waals surface area (Å²) in [4.78, 5) is 25.0. The van der Waals surface area contributed by atoms with E-state index < -0.39 is 16.6 Å². The summed E-state index contributed by atoms with van der Waals surface area (Å²) in [5.74, 6) is 0.298. The molecule has 0 aromatic carbocycles. The molecular weight excluding hydrogens is 214 g/mol. The van der Waals surface area contributed by atoms with Crippen LogP contribution in [-0.4, -0.2) is 16.0 Å². The zero-order valence-electron chi connectivity index (χ0n) is 8.68. The van der Waals surface area contributed by atoms with Crippen molar-refractivity contribution >= 4 is 17.6 Å². The molecule has 0 saturated carbocycles. The minimum atomic E-state index is -0.920. The second-order valence-corrected chi connectivity index (χ2v) is 3.87. The molecule has 16 heavy (non-hydrogen) atoms. The van der Waals surface area contributed by atoms with Crippen molar-refractivity contribution in [3.05, 3.63) is 27.9 Å². The van der Waals surface area contributed by atoms with Crippen LogP contribution < -0.4 is 5.32 Å². The minimum Gasteiger partial charge on any atom is -0.438 e. The molecule has 84 valence electrons. The number of hydrogen-bond donors (Lipinski definition) is 1. The molecule has 0 fully saturated rings. The molecule has 1 aliphatic rings. The van der Waals surface area contributed by atoms with Crippen LogP contribution in [-0.2, 0) is 10.3 Å². The predicted octanol–water partition coefficient (Wildman–Crippen LogP) is 1.79. The van der Waals surface area contributed by atoms with Gasteiger partial charge < -0.3 is 4.74 Å². The molecule has 0 aliphatic carbocycles. The maximum atomic E-state index is 11.2. The summed E-state index contributed by atoms with van der Waals surface area (Å²) in [6, 6.07) is 1.35. The SMILES string of the molecule is CC1(C)OC(=O)Nc2ncc([N+](=O)[O-])cc21. The number of hydrogen-bond acceptors (Lipinski definition) is 5. The molecule has 1 aromatic rings. The molecule has 0 spiro atoms. The summed E-state index contributed by atoms with van der Waals surface area (Å²) in [5.41, 5.74) is -0.565. The number of fused-ring (bicyclic) bond motifs is 1. The number of pyridine rings is 1. The Labute approximate surface area is 90.6 Å². The standard InChI is InChI=1S/C9H9N3O4/c1-9(2)6-3-5(12(14)15)4-10-7(6)11-8(13)16-9/h3-4H,1-2H3,(H,10,11,13). The number of anilines is 1. The van der Waals surface area contributed by atoms with Crippen molar-refractivity contribution in [2.75, 3.05) is 5.32 Å². The van der Waals surface area contributed by atoms with Crippen LogP contribution in [0.1, 0.15) is 19.4 Å². The van der Waals surface area contributed by atoms with Gasteiger partial charge in [0.05, 0.1) is 4.92 Å². The molecule has 2 heterocycles. The molecular formula is C9H9N3O4. The lowest BCUT2D eigenvalue weighted by atomic mass is 9.97. The number of nitrogens with zero attached hydrogens (tertiary/aromatic N) is 2. The van der Waals surface area contributed by atoms with E-state index in [1.165, 1.54) is 6.07 Å². The Hall–Kier alpha value is -2.18. The van der Waals surface area contributed by atoms with E-state index in [0.29, 0.717) is 11.4 Å². The van der Waals surface area contributed by atoms with Crippen LogP contribution in [0, 0.1) is 10.1 Å². The van der Waals surface area contributed by atoms with Crippen molar-refractivity contribution in [3.8, 4) is 0 Å². The predicted molar refractivity (Wildman–Crippen MR) is 54.0 cm³/mol. The lowest BCUT2D eigenvalue weighted by Crippen LogP contribution is -2.35. The van der Waals surface area contributed by atoms with Gasteiger partial charge in [-0.2, -0.15) is 0 Å². The molecule has 1 amide bonds. The molecule has 0 unspecified atom stereocenters. The first kappa shape index (κ1) is 10.3. The van der Waals surface area contributed by atoms with Crippen LogP contribution in [0.4, 0.5) is 16.3 Å². The summed E-state index contributed by atoms with van der Waals surface area (Å²) in [7, 11) is 0. The first-order valence-corrected chi connectivity index (χ1v) is 4.55. The van der Waals surface area contributed by atoms with Crippen LogP contribution in [0.2, 0.25) is 0 Å². The van der Waals surface area contributed by atoms with E-state index in [-0.39, 0.29) is 5.69 Å². The van der Waals surface area contributed by atoms with Crippen molar-refractivity contribution in [3.63, 3.8) is 0 Å². The van der Waals surface area contributed by atoms with E-state index in [4.69, 9.17) is 4.74 Å². The number of cyclic esters (lactones) is 1. The number of rotatable bonds is 1. The van der Waals surface area contributed by atoms with Crippen LogP contribution in [0.15, 0.2) is 12.3 Å². The highest BCUT2D eigenvalue weighted by Gasteiger charge is 2.35. The third-order valence-corrected chi connectivity index (χ3v) is 2.30. The van der Waals surface area contributed by atoms with Crippen LogP contribution in [0.5, 0.6) is 0 Å². The van der Waals surface area contributed by atoms with E-state index in [1.54, 1.807) is 13.8 Å². The number of nitro groups is 1. The second-order valence-electron chi connectivity index (χ2n) is 3.87. The highest BCUT2D eigenvalue weighted by Crippen LogP contribution is 2.35. The fourth-order valence-corrected chi connectivity index (χ4v) is 1.52. The van der Waals surface area contributed by atoms with Crippen molar-refractivity contribution in [2.24, 2.45) is 0 Å². The molecule has 7 nitrogen and oxygen atoms in total. The normalized spacial score (nSPS) is 17.0. The maximum Gasteiger partial charge on any atom is 0.413 e. The number of nitrogens with one attached hydrogen (secondary N) is 1. The van der Waals surface area contributed by atoms with Gasteiger partial charge in [0.15, 0.2) is 0 Å². The molecule has 0 bridgehead atoms. The lowest BCUT2D eigenvalue weighted by molar-refractivity contribution is -0.385. The highest BCUT2D eigenvalue weighted by molar-refractivity contribution is 5.87. The van der Waals surface area contributed by atoms with Gasteiger partial charge in [-0.25, -0.2) is 9.78 Å². The van der Waals surface area contributed by atoms with Gasteiger partial charge >= 0.3 is 6.09 Å². The number of amides is 1. The highest BCUT2D eigenvalue weighted by atomic mass is 16.6. The van der Waals surface area contributed by atoms with Crippen molar-refractivity contribution in [2.45, 2.75) is 19.4 Å². The number of carbonyl (C=O) groups excluding carboxylic acids is 1. The summed E-state index contributed by atoms with van der Waals surface area (Å²) < 4.78 is 5.02. The molecule has 0 saturated heterocycles. The van der Waals surface area contributed by atoms with E-state index in [9.17, 15) is 14.9 Å². The molecule has 0 radical (unpaired) electrons. The van der Waals surface area contributed by atoms with E-state index in [0.717, 1.165) is 6.20 Å². The first-order chi connectivity index (χ1) is 7.40.